The van der Waals surface area contributed by atoms with E-state index in [0.717, 1.165) is 30.0 Å². The topological polar surface area (TPSA) is 55.0 Å². The van der Waals surface area contributed by atoms with E-state index in [4.69, 9.17) is 5.73 Å². The number of fused-ring (bicyclic) bond motifs is 1. The molecule has 0 aliphatic heterocycles. The maximum atomic E-state index is 6.03. The Morgan fingerprint density at radius 3 is 2.75 bits per heavy atom. The van der Waals surface area contributed by atoms with Crippen molar-refractivity contribution >= 4 is 27.4 Å². The lowest BCUT2D eigenvalue weighted by molar-refractivity contribution is 0.377. The van der Waals surface area contributed by atoms with Gasteiger partial charge in [-0.2, -0.15) is 0 Å². The number of hydrogen-bond donors (Lipinski definition) is 1. The molecule has 1 fully saturated rings. The van der Waals surface area contributed by atoms with Gasteiger partial charge in [0.15, 0.2) is 0 Å². The number of nitrogens with two attached hydrogens (primary N) is 1. The average molecular weight is 290 g/mol. The zero-order chi connectivity index (χ0) is 14.1. The van der Waals surface area contributed by atoms with E-state index in [9.17, 15) is 0 Å². The first-order chi connectivity index (χ1) is 9.69. The summed E-state index contributed by atoms with van der Waals surface area (Å²) in [6.45, 7) is 5.33. The van der Waals surface area contributed by atoms with Gasteiger partial charge in [0.2, 0.25) is 0 Å². The second kappa shape index (κ2) is 5.66. The minimum absolute atomic E-state index is 0.388. The molecule has 0 radical (unpaired) electrons. The summed E-state index contributed by atoms with van der Waals surface area (Å²) in [6, 6.07) is 3.17. The average Bonchev–Trinajstić information content (AvgIpc) is 2.83. The van der Waals surface area contributed by atoms with Gasteiger partial charge in [0.25, 0.3) is 0 Å². The summed E-state index contributed by atoms with van der Waals surface area (Å²) in [6.07, 6.45) is 6.29. The predicted molar refractivity (Wildman–Crippen MR) is 85.4 cm³/mol. The molecule has 5 heteroatoms. The van der Waals surface area contributed by atoms with E-state index >= 15 is 0 Å². The third-order valence-corrected chi connectivity index (χ3v) is 5.18. The second-order valence-corrected chi connectivity index (χ2v) is 6.86. The Bertz CT molecular complexity index is 587. The van der Waals surface area contributed by atoms with Crippen LogP contribution in [-0.2, 0) is 0 Å². The largest absolute Gasteiger partial charge is 0.353 e. The molecule has 2 aromatic heterocycles. The van der Waals surface area contributed by atoms with Gasteiger partial charge < -0.3 is 10.6 Å². The standard InChI is InChI=1S/C15H22N4S/c1-3-19(12-6-4-11(16)5-7-12)14-13-8-10(2)20-15(13)18-9-17-14/h8-9,11-12H,3-7,16H2,1-2H3. The highest BCUT2D eigenvalue weighted by molar-refractivity contribution is 7.18. The summed E-state index contributed by atoms with van der Waals surface area (Å²) in [4.78, 5) is 13.8. The van der Waals surface area contributed by atoms with Crippen LogP contribution in [0.15, 0.2) is 12.4 Å². The fourth-order valence-corrected chi connectivity index (χ4v) is 4.03. The molecule has 0 unspecified atom stereocenters. The lowest BCUT2D eigenvalue weighted by atomic mass is 9.90. The molecule has 4 nitrogen and oxygen atoms in total. The molecule has 2 heterocycles. The number of thiophene rings is 1. The molecule has 2 aromatic rings. The van der Waals surface area contributed by atoms with Crippen LogP contribution in [0.5, 0.6) is 0 Å². The minimum Gasteiger partial charge on any atom is -0.353 e. The number of aromatic nitrogens is 2. The first kappa shape index (κ1) is 13.8. The summed E-state index contributed by atoms with van der Waals surface area (Å²) in [5.74, 6) is 1.10. The van der Waals surface area contributed by atoms with Crippen molar-refractivity contribution in [1.29, 1.82) is 0 Å². The van der Waals surface area contributed by atoms with E-state index in [1.165, 1.54) is 23.1 Å². The third-order valence-electron chi connectivity index (χ3n) is 4.23. The van der Waals surface area contributed by atoms with Crippen LogP contribution >= 0.6 is 11.3 Å². The number of hydrogen-bond acceptors (Lipinski definition) is 5. The van der Waals surface area contributed by atoms with Crippen molar-refractivity contribution in [3.8, 4) is 0 Å². The maximum absolute atomic E-state index is 6.03. The first-order valence-corrected chi connectivity index (χ1v) is 8.24. The molecule has 1 aliphatic rings. The summed E-state index contributed by atoms with van der Waals surface area (Å²) in [7, 11) is 0. The van der Waals surface area contributed by atoms with E-state index < -0.39 is 0 Å². The monoisotopic (exact) mass is 290 g/mol. The highest BCUT2D eigenvalue weighted by Gasteiger charge is 2.25. The molecule has 1 aliphatic carbocycles. The molecular formula is C15H22N4S. The summed E-state index contributed by atoms with van der Waals surface area (Å²) < 4.78 is 0. The van der Waals surface area contributed by atoms with Crippen LogP contribution < -0.4 is 10.6 Å². The smallest absolute Gasteiger partial charge is 0.141 e. The van der Waals surface area contributed by atoms with E-state index in [2.05, 4.69) is 34.8 Å². The molecule has 0 spiro atoms. The van der Waals surface area contributed by atoms with Gasteiger partial charge in [-0.15, -0.1) is 11.3 Å². The number of aryl methyl sites for hydroxylation is 1. The van der Waals surface area contributed by atoms with Crippen LogP contribution in [0.3, 0.4) is 0 Å². The Balaban J connectivity index is 1.94. The van der Waals surface area contributed by atoms with Crippen LogP contribution in [0.2, 0.25) is 0 Å². The molecule has 3 rings (SSSR count). The molecule has 0 atom stereocenters. The van der Waals surface area contributed by atoms with E-state index in [1.807, 2.05) is 0 Å². The Labute approximate surface area is 124 Å². The van der Waals surface area contributed by atoms with E-state index in [0.29, 0.717) is 12.1 Å². The fourth-order valence-electron chi connectivity index (χ4n) is 3.19. The van der Waals surface area contributed by atoms with Crippen LogP contribution in [0, 0.1) is 6.92 Å². The van der Waals surface area contributed by atoms with Crippen molar-refractivity contribution in [2.24, 2.45) is 5.73 Å². The van der Waals surface area contributed by atoms with Crippen molar-refractivity contribution in [1.82, 2.24) is 9.97 Å². The molecule has 0 amide bonds. The van der Waals surface area contributed by atoms with Crippen molar-refractivity contribution in [3.63, 3.8) is 0 Å². The number of rotatable bonds is 3. The lowest BCUT2D eigenvalue weighted by Gasteiger charge is -2.36. The van der Waals surface area contributed by atoms with Gasteiger partial charge in [0, 0.05) is 23.5 Å². The Morgan fingerprint density at radius 2 is 2.05 bits per heavy atom. The quantitative estimate of drug-likeness (QED) is 0.943. The van der Waals surface area contributed by atoms with Crippen molar-refractivity contribution < 1.29 is 0 Å². The summed E-state index contributed by atoms with van der Waals surface area (Å²) in [5, 5.41) is 1.20. The van der Waals surface area contributed by atoms with Crippen molar-refractivity contribution in [3.05, 3.63) is 17.3 Å². The molecule has 2 N–H and O–H groups in total. The molecule has 0 aromatic carbocycles. The summed E-state index contributed by atoms with van der Waals surface area (Å²) in [5.41, 5.74) is 6.03. The number of nitrogens with zero attached hydrogens (tertiary/aromatic N) is 3. The highest BCUT2D eigenvalue weighted by Crippen LogP contribution is 2.33. The van der Waals surface area contributed by atoms with Crippen LogP contribution in [0.1, 0.15) is 37.5 Å². The Hall–Kier alpha value is -1.20. The molecule has 108 valence electrons. The normalized spacial score (nSPS) is 23.1. The first-order valence-electron chi connectivity index (χ1n) is 7.42. The minimum atomic E-state index is 0.388. The van der Waals surface area contributed by atoms with Crippen LogP contribution in [0.25, 0.3) is 10.2 Å². The van der Waals surface area contributed by atoms with Gasteiger partial charge in [-0.05, 0) is 45.6 Å². The molecule has 1 saturated carbocycles. The molecule has 0 bridgehead atoms. The zero-order valence-electron chi connectivity index (χ0n) is 12.2. The van der Waals surface area contributed by atoms with Gasteiger partial charge in [0.05, 0.1) is 5.39 Å². The van der Waals surface area contributed by atoms with Crippen molar-refractivity contribution in [2.75, 3.05) is 11.4 Å². The maximum Gasteiger partial charge on any atom is 0.141 e. The van der Waals surface area contributed by atoms with Gasteiger partial charge in [-0.25, -0.2) is 9.97 Å². The summed E-state index contributed by atoms with van der Waals surface area (Å²) >= 11 is 1.74. The Morgan fingerprint density at radius 1 is 1.30 bits per heavy atom. The number of anilines is 1. The van der Waals surface area contributed by atoms with Gasteiger partial charge >= 0.3 is 0 Å². The van der Waals surface area contributed by atoms with Gasteiger partial charge in [-0.3, -0.25) is 0 Å². The van der Waals surface area contributed by atoms with E-state index in [1.54, 1.807) is 17.7 Å². The third kappa shape index (κ3) is 2.52. The van der Waals surface area contributed by atoms with Crippen LogP contribution in [-0.4, -0.2) is 28.6 Å². The highest BCUT2D eigenvalue weighted by atomic mass is 32.1. The molecule has 20 heavy (non-hydrogen) atoms. The lowest BCUT2D eigenvalue weighted by Crippen LogP contribution is -2.41. The van der Waals surface area contributed by atoms with Crippen LogP contribution in [0.4, 0.5) is 5.82 Å². The zero-order valence-corrected chi connectivity index (χ0v) is 13.0. The fraction of sp³-hybridized carbons (Fsp3) is 0.600. The Kier molecular flexibility index (Phi) is 3.89. The van der Waals surface area contributed by atoms with Gasteiger partial charge in [0.1, 0.15) is 17.0 Å². The predicted octanol–water partition coefficient (Wildman–Crippen LogP) is 3.10. The van der Waals surface area contributed by atoms with Gasteiger partial charge in [-0.1, -0.05) is 0 Å². The molecular weight excluding hydrogens is 268 g/mol. The van der Waals surface area contributed by atoms with Crippen molar-refractivity contribution in [2.45, 2.75) is 51.6 Å². The SMILES string of the molecule is CCN(c1ncnc2sc(C)cc12)C1CCC(N)CC1. The second-order valence-electron chi connectivity index (χ2n) is 5.63. The molecule has 0 saturated heterocycles. The van der Waals surface area contributed by atoms with E-state index in [-0.39, 0.29) is 0 Å².